The molecule has 2 saturated heterocycles. The molecule has 1 unspecified atom stereocenters. The van der Waals surface area contributed by atoms with Crippen molar-refractivity contribution in [1.29, 1.82) is 0 Å². The van der Waals surface area contributed by atoms with Crippen molar-refractivity contribution < 1.29 is 23.4 Å². The Hall–Kier alpha value is -2.35. The van der Waals surface area contributed by atoms with Gasteiger partial charge in [-0.25, -0.2) is 4.39 Å². The van der Waals surface area contributed by atoms with Crippen molar-refractivity contribution in [3.63, 3.8) is 0 Å². The van der Waals surface area contributed by atoms with Crippen LogP contribution in [0.1, 0.15) is 27.6 Å². The summed E-state index contributed by atoms with van der Waals surface area (Å²) in [6.07, 6.45) is -0.0990. The standard InChI is InChI=1S/C23H26ClFN2O4/c1-14-10-15(4-6-18(14)25)20-12-26-8-9-27(11-16(26)13-31-20)23(28)17-5-7-19(29-2)22(30-3)21(17)24/h4-7,10,16,20H,8-9,11-13H2,1-3H3/t16?,20-/m0/s1. The van der Waals surface area contributed by atoms with E-state index in [0.717, 1.165) is 18.7 Å². The minimum absolute atomic E-state index is 0.0990. The summed E-state index contributed by atoms with van der Waals surface area (Å²) in [6, 6.07) is 8.58. The highest BCUT2D eigenvalue weighted by Crippen LogP contribution is 2.38. The summed E-state index contributed by atoms with van der Waals surface area (Å²) in [6.45, 7) is 4.86. The quantitative estimate of drug-likeness (QED) is 0.713. The van der Waals surface area contributed by atoms with Gasteiger partial charge in [-0.2, -0.15) is 0 Å². The second-order valence-electron chi connectivity index (χ2n) is 7.89. The Kier molecular flexibility index (Phi) is 6.36. The molecule has 2 aromatic rings. The summed E-state index contributed by atoms with van der Waals surface area (Å²) in [5, 5.41) is 0.251. The van der Waals surface area contributed by atoms with Crippen molar-refractivity contribution >= 4 is 17.5 Å². The predicted molar refractivity (Wildman–Crippen MR) is 116 cm³/mol. The highest BCUT2D eigenvalue weighted by molar-refractivity contribution is 6.35. The maximum Gasteiger partial charge on any atom is 0.255 e. The van der Waals surface area contributed by atoms with E-state index in [2.05, 4.69) is 4.90 Å². The molecule has 4 rings (SSSR count). The summed E-state index contributed by atoms with van der Waals surface area (Å²) in [4.78, 5) is 17.3. The van der Waals surface area contributed by atoms with Gasteiger partial charge in [-0.1, -0.05) is 23.7 Å². The fourth-order valence-electron chi connectivity index (χ4n) is 4.26. The van der Waals surface area contributed by atoms with E-state index in [1.54, 1.807) is 30.0 Å². The van der Waals surface area contributed by atoms with Gasteiger partial charge in [0.25, 0.3) is 5.91 Å². The number of fused-ring (bicyclic) bond motifs is 1. The summed E-state index contributed by atoms with van der Waals surface area (Å²) >= 11 is 6.44. The van der Waals surface area contributed by atoms with Crippen molar-refractivity contribution in [3.8, 4) is 11.5 Å². The molecule has 2 fully saturated rings. The molecule has 2 atom stereocenters. The first-order valence-electron chi connectivity index (χ1n) is 10.2. The molecule has 8 heteroatoms. The Morgan fingerprint density at radius 1 is 1.16 bits per heavy atom. The number of hydrogen-bond acceptors (Lipinski definition) is 5. The largest absolute Gasteiger partial charge is 0.493 e. The number of nitrogens with zero attached hydrogens (tertiary/aromatic N) is 2. The molecule has 2 aliphatic rings. The molecule has 0 saturated carbocycles. The number of morpholine rings is 1. The van der Waals surface area contributed by atoms with Crippen LogP contribution in [0, 0.1) is 12.7 Å². The van der Waals surface area contributed by atoms with Crippen LogP contribution in [0.2, 0.25) is 5.02 Å². The molecule has 166 valence electrons. The Balaban J connectivity index is 1.44. The number of aryl methyl sites for hydroxylation is 1. The number of ether oxygens (including phenoxy) is 3. The van der Waals surface area contributed by atoms with Gasteiger partial charge >= 0.3 is 0 Å². The normalized spacial score (nSPS) is 21.5. The molecule has 0 aliphatic carbocycles. The van der Waals surface area contributed by atoms with Crippen LogP contribution in [-0.4, -0.2) is 68.8 Å². The number of halogens is 2. The van der Waals surface area contributed by atoms with Crippen LogP contribution in [0.15, 0.2) is 30.3 Å². The number of piperazine rings is 1. The maximum atomic E-state index is 13.6. The van der Waals surface area contributed by atoms with Crippen LogP contribution in [0.3, 0.4) is 0 Å². The molecular weight excluding hydrogens is 423 g/mol. The lowest BCUT2D eigenvalue weighted by atomic mass is 10.0. The fourth-order valence-corrected chi connectivity index (χ4v) is 4.58. The SMILES string of the molecule is COc1ccc(C(=O)N2CCN3C[C@@H](c4ccc(F)c(C)c4)OCC3C2)c(Cl)c1OC. The van der Waals surface area contributed by atoms with Gasteiger partial charge in [0.1, 0.15) is 5.82 Å². The number of carbonyl (C=O) groups excluding carboxylic acids is 1. The molecule has 0 N–H and O–H groups in total. The highest BCUT2D eigenvalue weighted by Gasteiger charge is 2.36. The topological polar surface area (TPSA) is 51.2 Å². The van der Waals surface area contributed by atoms with Gasteiger partial charge in [0, 0.05) is 26.2 Å². The predicted octanol–water partition coefficient (Wildman–Crippen LogP) is 3.70. The number of methoxy groups -OCH3 is 2. The van der Waals surface area contributed by atoms with E-state index in [1.165, 1.54) is 20.3 Å². The first-order chi connectivity index (χ1) is 14.9. The maximum absolute atomic E-state index is 13.6. The molecule has 2 aliphatic heterocycles. The van der Waals surface area contributed by atoms with Crippen LogP contribution in [0.4, 0.5) is 4.39 Å². The van der Waals surface area contributed by atoms with Gasteiger partial charge in [0.15, 0.2) is 11.5 Å². The van der Waals surface area contributed by atoms with Crippen LogP contribution in [0.5, 0.6) is 11.5 Å². The van der Waals surface area contributed by atoms with E-state index in [1.807, 2.05) is 6.07 Å². The number of benzene rings is 2. The van der Waals surface area contributed by atoms with Crippen LogP contribution < -0.4 is 9.47 Å². The molecule has 0 spiro atoms. The van der Waals surface area contributed by atoms with E-state index in [9.17, 15) is 9.18 Å². The van der Waals surface area contributed by atoms with Crippen molar-refractivity contribution in [2.45, 2.75) is 19.1 Å². The van der Waals surface area contributed by atoms with Crippen molar-refractivity contribution in [1.82, 2.24) is 9.80 Å². The molecule has 1 amide bonds. The minimum Gasteiger partial charge on any atom is -0.493 e. The Morgan fingerprint density at radius 3 is 2.68 bits per heavy atom. The number of carbonyl (C=O) groups is 1. The van der Waals surface area contributed by atoms with Gasteiger partial charge in [-0.15, -0.1) is 0 Å². The van der Waals surface area contributed by atoms with E-state index in [4.69, 9.17) is 25.8 Å². The number of hydrogen-bond donors (Lipinski definition) is 0. The zero-order valence-corrected chi connectivity index (χ0v) is 18.6. The average Bonchev–Trinajstić information content (AvgIpc) is 2.79. The third kappa shape index (κ3) is 4.22. The second kappa shape index (κ2) is 9.02. The first kappa shape index (κ1) is 21.9. The summed E-state index contributed by atoms with van der Waals surface area (Å²) in [5.74, 6) is 0.490. The average molecular weight is 449 g/mol. The fraction of sp³-hybridized carbons (Fsp3) is 0.435. The van der Waals surface area contributed by atoms with Crippen molar-refractivity contribution in [2.75, 3.05) is 47.0 Å². The summed E-state index contributed by atoms with van der Waals surface area (Å²) < 4.78 is 30.3. The Morgan fingerprint density at radius 2 is 1.97 bits per heavy atom. The highest BCUT2D eigenvalue weighted by atomic mass is 35.5. The molecule has 31 heavy (non-hydrogen) atoms. The van der Waals surface area contributed by atoms with Gasteiger partial charge in [0.05, 0.1) is 43.6 Å². The summed E-state index contributed by atoms with van der Waals surface area (Å²) in [7, 11) is 3.02. The van der Waals surface area contributed by atoms with Crippen molar-refractivity contribution in [3.05, 3.63) is 57.9 Å². The first-order valence-corrected chi connectivity index (χ1v) is 10.6. The lowest BCUT2D eigenvalue weighted by molar-refractivity contribution is -0.0858. The smallest absolute Gasteiger partial charge is 0.255 e. The molecule has 0 radical (unpaired) electrons. The minimum atomic E-state index is -0.210. The van der Waals surface area contributed by atoms with Crippen LogP contribution in [0.25, 0.3) is 0 Å². The monoisotopic (exact) mass is 448 g/mol. The molecular formula is C23H26ClFN2O4. The van der Waals surface area contributed by atoms with Gasteiger partial charge in [-0.05, 0) is 36.2 Å². The Labute approximate surface area is 186 Å². The van der Waals surface area contributed by atoms with Gasteiger partial charge in [-0.3, -0.25) is 9.69 Å². The van der Waals surface area contributed by atoms with E-state index >= 15 is 0 Å². The van der Waals surface area contributed by atoms with Gasteiger partial charge < -0.3 is 19.1 Å². The molecule has 0 bridgehead atoms. The zero-order valence-electron chi connectivity index (χ0n) is 17.9. The van der Waals surface area contributed by atoms with Crippen LogP contribution in [-0.2, 0) is 4.74 Å². The molecule has 2 heterocycles. The zero-order chi connectivity index (χ0) is 22.1. The third-order valence-electron chi connectivity index (χ3n) is 6.05. The van der Waals surface area contributed by atoms with Crippen LogP contribution >= 0.6 is 11.6 Å². The van der Waals surface area contributed by atoms with Crippen molar-refractivity contribution in [2.24, 2.45) is 0 Å². The summed E-state index contributed by atoms with van der Waals surface area (Å²) in [5.41, 5.74) is 1.99. The lowest BCUT2D eigenvalue weighted by Gasteiger charge is -2.46. The third-order valence-corrected chi connectivity index (χ3v) is 6.43. The van der Waals surface area contributed by atoms with E-state index < -0.39 is 0 Å². The molecule has 2 aromatic carbocycles. The van der Waals surface area contributed by atoms with Gasteiger partial charge in [0.2, 0.25) is 0 Å². The molecule has 0 aromatic heterocycles. The van der Waals surface area contributed by atoms with E-state index in [0.29, 0.717) is 42.3 Å². The lowest BCUT2D eigenvalue weighted by Crippen LogP contribution is -2.59. The number of amides is 1. The Bertz CT molecular complexity index is 986. The number of rotatable bonds is 4. The van der Waals surface area contributed by atoms with E-state index in [-0.39, 0.29) is 28.9 Å². The second-order valence-corrected chi connectivity index (χ2v) is 8.27. The molecule has 6 nitrogen and oxygen atoms in total.